The summed E-state index contributed by atoms with van der Waals surface area (Å²) in [6.45, 7) is 0.770. The molecule has 0 unspecified atom stereocenters. The predicted octanol–water partition coefficient (Wildman–Crippen LogP) is 4.91. The topological polar surface area (TPSA) is 3.88 Å². The van der Waals surface area contributed by atoms with Gasteiger partial charge in [0.05, 0.1) is 6.42 Å². The van der Waals surface area contributed by atoms with E-state index in [0.717, 1.165) is 17.8 Å². The lowest BCUT2D eigenvalue weighted by Crippen LogP contribution is -2.40. The summed E-state index contributed by atoms with van der Waals surface area (Å²) in [5.74, 6) is -0.151. The summed E-state index contributed by atoms with van der Waals surface area (Å²) in [6.07, 6.45) is 0.574. The standard InChI is InChI=1S/C23H19FN/c24-22-12-6-4-11-20(22)16-21-15-14-19-10-5-7-13-23(19)25(21)17-18-8-2-1-3-9-18/h1-15H,16-17H2/q+1. The number of fused-ring (bicyclic) bond motifs is 1. The van der Waals surface area contributed by atoms with Crippen LogP contribution in [0.5, 0.6) is 0 Å². The van der Waals surface area contributed by atoms with Gasteiger partial charge in [0.15, 0.2) is 12.2 Å². The van der Waals surface area contributed by atoms with Crippen LogP contribution in [0.15, 0.2) is 91.0 Å². The van der Waals surface area contributed by atoms with Crippen molar-refractivity contribution in [2.45, 2.75) is 13.0 Å². The molecule has 0 fully saturated rings. The lowest BCUT2D eigenvalue weighted by molar-refractivity contribution is -0.669. The first kappa shape index (κ1) is 15.5. The van der Waals surface area contributed by atoms with Gasteiger partial charge in [0, 0.05) is 23.1 Å². The largest absolute Gasteiger partial charge is 0.212 e. The Bertz CT molecular complexity index is 1010. The highest BCUT2D eigenvalue weighted by Crippen LogP contribution is 2.16. The fourth-order valence-corrected chi connectivity index (χ4v) is 3.25. The molecule has 2 heteroatoms. The zero-order chi connectivity index (χ0) is 17.1. The molecule has 0 saturated heterocycles. The van der Waals surface area contributed by atoms with Crippen LogP contribution in [0.4, 0.5) is 4.39 Å². The summed E-state index contributed by atoms with van der Waals surface area (Å²) >= 11 is 0. The van der Waals surface area contributed by atoms with E-state index in [9.17, 15) is 4.39 Å². The van der Waals surface area contributed by atoms with E-state index in [-0.39, 0.29) is 5.82 Å². The second kappa shape index (κ2) is 6.86. The molecule has 1 aromatic heterocycles. The molecule has 0 atom stereocenters. The number of hydrogen-bond acceptors (Lipinski definition) is 0. The maximum Gasteiger partial charge on any atom is 0.212 e. The quantitative estimate of drug-likeness (QED) is 0.469. The van der Waals surface area contributed by atoms with Crippen LogP contribution < -0.4 is 4.57 Å². The molecule has 0 N–H and O–H groups in total. The van der Waals surface area contributed by atoms with E-state index in [4.69, 9.17) is 0 Å². The van der Waals surface area contributed by atoms with E-state index in [2.05, 4.69) is 59.2 Å². The molecule has 4 aromatic rings. The molecule has 0 aliphatic carbocycles. The van der Waals surface area contributed by atoms with Gasteiger partial charge in [-0.25, -0.2) is 4.39 Å². The van der Waals surface area contributed by atoms with Crippen molar-refractivity contribution in [3.05, 3.63) is 114 Å². The highest BCUT2D eigenvalue weighted by Gasteiger charge is 2.17. The predicted molar refractivity (Wildman–Crippen MR) is 98.9 cm³/mol. The zero-order valence-corrected chi connectivity index (χ0v) is 13.9. The fourth-order valence-electron chi connectivity index (χ4n) is 3.25. The van der Waals surface area contributed by atoms with Gasteiger partial charge in [-0.05, 0) is 23.8 Å². The monoisotopic (exact) mass is 328 g/mol. The van der Waals surface area contributed by atoms with E-state index >= 15 is 0 Å². The molecule has 0 aliphatic heterocycles. The number of para-hydroxylation sites is 1. The van der Waals surface area contributed by atoms with Gasteiger partial charge in [0.2, 0.25) is 5.52 Å². The molecule has 1 heterocycles. The summed E-state index contributed by atoms with van der Waals surface area (Å²) in [5.41, 5.74) is 4.23. The lowest BCUT2D eigenvalue weighted by atomic mass is 10.1. The third-order valence-corrected chi connectivity index (χ3v) is 4.54. The van der Waals surface area contributed by atoms with E-state index in [1.807, 2.05) is 24.3 Å². The van der Waals surface area contributed by atoms with Gasteiger partial charge in [0.25, 0.3) is 0 Å². The number of pyridine rings is 1. The molecular formula is C23H19FN+. The van der Waals surface area contributed by atoms with Crippen LogP contribution in [-0.2, 0) is 13.0 Å². The van der Waals surface area contributed by atoms with Crippen molar-refractivity contribution in [2.24, 2.45) is 0 Å². The molecule has 0 bridgehead atoms. The molecule has 4 rings (SSSR count). The number of nitrogens with zero attached hydrogens (tertiary/aromatic N) is 1. The average molecular weight is 328 g/mol. The highest BCUT2D eigenvalue weighted by atomic mass is 19.1. The third-order valence-electron chi connectivity index (χ3n) is 4.54. The number of rotatable bonds is 4. The Morgan fingerprint density at radius 1 is 0.680 bits per heavy atom. The molecule has 0 saturated carbocycles. The fraction of sp³-hybridized carbons (Fsp3) is 0.0870. The Labute approximate surface area is 147 Å². The Balaban J connectivity index is 1.83. The maximum absolute atomic E-state index is 14.1. The summed E-state index contributed by atoms with van der Waals surface area (Å²) in [5, 5.41) is 1.19. The summed E-state index contributed by atoms with van der Waals surface area (Å²) < 4.78 is 16.4. The van der Waals surface area contributed by atoms with Crippen LogP contribution in [0, 0.1) is 5.82 Å². The first-order chi connectivity index (χ1) is 12.3. The van der Waals surface area contributed by atoms with Crippen LogP contribution in [0.2, 0.25) is 0 Å². The van der Waals surface area contributed by atoms with Crippen LogP contribution >= 0.6 is 0 Å². The highest BCUT2D eigenvalue weighted by molar-refractivity contribution is 5.75. The zero-order valence-electron chi connectivity index (χ0n) is 13.9. The number of benzene rings is 3. The molecule has 25 heavy (non-hydrogen) atoms. The first-order valence-corrected chi connectivity index (χ1v) is 8.49. The number of halogens is 1. The van der Waals surface area contributed by atoms with Crippen molar-refractivity contribution < 1.29 is 8.96 Å². The van der Waals surface area contributed by atoms with E-state index < -0.39 is 0 Å². The van der Waals surface area contributed by atoms with Crippen LogP contribution in [-0.4, -0.2) is 0 Å². The van der Waals surface area contributed by atoms with Gasteiger partial charge in [-0.1, -0.05) is 60.7 Å². The first-order valence-electron chi connectivity index (χ1n) is 8.49. The van der Waals surface area contributed by atoms with Crippen LogP contribution in [0.25, 0.3) is 10.9 Å². The van der Waals surface area contributed by atoms with Gasteiger partial charge < -0.3 is 0 Å². The molecule has 1 nitrogen and oxygen atoms in total. The van der Waals surface area contributed by atoms with Crippen molar-refractivity contribution >= 4 is 10.9 Å². The Hall–Kier alpha value is -3.00. The Morgan fingerprint density at radius 2 is 1.40 bits per heavy atom. The van der Waals surface area contributed by atoms with Gasteiger partial charge in [0.1, 0.15) is 5.82 Å². The minimum atomic E-state index is -0.151. The molecule has 122 valence electrons. The Kier molecular flexibility index (Phi) is 4.26. The second-order valence-corrected chi connectivity index (χ2v) is 6.22. The van der Waals surface area contributed by atoms with Gasteiger partial charge in [-0.15, -0.1) is 0 Å². The molecule has 0 aliphatic rings. The molecular weight excluding hydrogens is 309 g/mol. The lowest BCUT2D eigenvalue weighted by Gasteiger charge is -2.09. The summed E-state index contributed by atoms with van der Waals surface area (Å²) in [7, 11) is 0. The number of hydrogen-bond donors (Lipinski definition) is 0. The minimum Gasteiger partial charge on any atom is -0.207 e. The maximum atomic E-state index is 14.1. The van der Waals surface area contributed by atoms with Gasteiger partial charge in [-0.2, -0.15) is 4.57 Å². The molecule has 0 amide bonds. The normalized spacial score (nSPS) is 10.9. The van der Waals surface area contributed by atoms with E-state index in [1.54, 1.807) is 6.07 Å². The SMILES string of the molecule is Fc1ccccc1Cc1ccc2ccccc2[n+]1Cc1ccccc1. The van der Waals surface area contributed by atoms with Crippen molar-refractivity contribution in [2.75, 3.05) is 0 Å². The summed E-state index contributed by atoms with van der Waals surface area (Å²) in [6, 6.07) is 30.0. The van der Waals surface area contributed by atoms with Crippen LogP contribution in [0.3, 0.4) is 0 Å². The van der Waals surface area contributed by atoms with Crippen molar-refractivity contribution in [1.29, 1.82) is 0 Å². The third kappa shape index (κ3) is 3.29. The van der Waals surface area contributed by atoms with Gasteiger partial charge in [-0.3, -0.25) is 0 Å². The summed E-state index contributed by atoms with van der Waals surface area (Å²) in [4.78, 5) is 0. The van der Waals surface area contributed by atoms with Crippen molar-refractivity contribution in [3.63, 3.8) is 0 Å². The molecule has 0 radical (unpaired) electrons. The smallest absolute Gasteiger partial charge is 0.207 e. The average Bonchev–Trinajstić information content (AvgIpc) is 2.66. The van der Waals surface area contributed by atoms with Gasteiger partial charge >= 0.3 is 0 Å². The second-order valence-electron chi connectivity index (χ2n) is 6.22. The Morgan fingerprint density at radius 3 is 2.24 bits per heavy atom. The van der Waals surface area contributed by atoms with E-state index in [1.165, 1.54) is 22.5 Å². The van der Waals surface area contributed by atoms with Crippen molar-refractivity contribution in [3.8, 4) is 0 Å². The molecule has 3 aromatic carbocycles. The number of aromatic nitrogens is 1. The van der Waals surface area contributed by atoms with Crippen molar-refractivity contribution in [1.82, 2.24) is 0 Å². The molecule has 0 spiro atoms. The minimum absolute atomic E-state index is 0.151. The van der Waals surface area contributed by atoms with Crippen LogP contribution in [0.1, 0.15) is 16.8 Å². The van der Waals surface area contributed by atoms with E-state index in [0.29, 0.717) is 6.42 Å².